The molecule has 0 atom stereocenters. The third-order valence-corrected chi connectivity index (χ3v) is 4.51. The zero-order valence-electron chi connectivity index (χ0n) is 15.1. The minimum absolute atomic E-state index is 0.137. The van der Waals surface area contributed by atoms with Gasteiger partial charge in [0.05, 0.1) is 7.11 Å². The molecule has 1 fully saturated rings. The molecule has 0 bridgehead atoms. The lowest BCUT2D eigenvalue weighted by Crippen LogP contribution is -2.48. The molecule has 0 spiro atoms. The van der Waals surface area contributed by atoms with Crippen LogP contribution >= 0.6 is 0 Å². The number of hydrogen-bond donors (Lipinski definition) is 0. The van der Waals surface area contributed by atoms with Gasteiger partial charge in [-0.1, -0.05) is 18.2 Å². The predicted octanol–water partition coefficient (Wildman–Crippen LogP) is 1.63. The minimum Gasteiger partial charge on any atom is -0.497 e. The third-order valence-electron chi connectivity index (χ3n) is 4.51. The number of amides is 1. The normalized spacial score (nSPS) is 15.8. The van der Waals surface area contributed by atoms with Crippen LogP contribution in [0.4, 0.5) is 0 Å². The fourth-order valence-electron chi connectivity index (χ4n) is 2.89. The average Bonchev–Trinajstić information content (AvgIpc) is 2.67. The van der Waals surface area contributed by atoms with E-state index >= 15 is 0 Å². The lowest BCUT2D eigenvalue weighted by atomic mass is 10.1. The van der Waals surface area contributed by atoms with Crippen LogP contribution in [0.5, 0.6) is 5.75 Å². The van der Waals surface area contributed by atoms with Gasteiger partial charge in [-0.2, -0.15) is 0 Å². The first kappa shape index (κ1) is 17.9. The van der Waals surface area contributed by atoms with Gasteiger partial charge < -0.3 is 14.5 Å². The molecule has 1 amide bonds. The van der Waals surface area contributed by atoms with Crippen molar-refractivity contribution in [1.82, 2.24) is 14.4 Å². The maximum absolute atomic E-state index is 13.1. The molecule has 1 aliphatic rings. The number of likely N-dealkylation sites (N-methyl/N-ethyl adjacent to an activating group) is 1. The van der Waals surface area contributed by atoms with E-state index in [0.29, 0.717) is 18.8 Å². The van der Waals surface area contributed by atoms with Crippen molar-refractivity contribution in [1.29, 1.82) is 0 Å². The number of hydrogen-bond acceptors (Lipinski definition) is 4. The zero-order valence-corrected chi connectivity index (χ0v) is 15.1. The van der Waals surface area contributed by atoms with E-state index in [0.717, 1.165) is 24.4 Å². The van der Waals surface area contributed by atoms with E-state index in [1.807, 2.05) is 31.3 Å². The van der Waals surface area contributed by atoms with Crippen LogP contribution in [0.15, 0.2) is 53.5 Å². The molecule has 136 valence electrons. The standard InChI is InChI=1S/C20H23N3O3/c1-21-11-13-22(14-12-21)20(25)18(23-10-4-3-5-19(23)24)15-16-6-8-17(26-2)9-7-16/h3-10,15H,11-14H2,1-2H3. The number of benzene rings is 1. The second-order valence-corrected chi connectivity index (χ2v) is 6.31. The molecule has 1 aromatic heterocycles. The summed E-state index contributed by atoms with van der Waals surface area (Å²) in [5, 5.41) is 0. The molecule has 0 aliphatic carbocycles. The molecule has 2 aromatic rings. The topological polar surface area (TPSA) is 54.8 Å². The van der Waals surface area contributed by atoms with Gasteiger partial charge in [-0.3, -0.25) is 14.2 Å². The fourth-order valence-corrected chi connectivity index (χ4v) is 2.89. The maximum Gasteiger partial charge on any atom is 0.271 e. The summed E-state index contributed by atoms with van der Waals surface area (Å²) in [7, 11) is 3.65. The Kier molecular flexibility index (Phi) is 5.53. The largest absolute Gasteiger partial charge is 0.497 e. The molecule has 3 rings (SSSR count). The maximum atomic E-state index is 13.1. The highest BCUT2D eigenvalue weighted by Gasteiger charge is 2.23. The number of methoxy groups -OCH3 is 1. The van der Waals surface area contributed by atoms with Gasteiger partial charge in [0.2, 0.25) is 0 Å². The molecule has 1 aromatic carbocycles. The van der Waals surface area contributed by atoms with Gasteiger partial charge in [0, 0.05) is 38.4 Å². The van der Waals surface area contributed by atoms with Gasteiger partial charge in [0.1, 0.15) is 11.4 Å². The molecule has 0 saturated carbocycles. The van der Waals surface area contributed by atoms with Crippen LogP contribution in [0, 0.1) is 0 Å². The summed E-state index contributed by atoms with van der Waals surface area (Å²) in [5.74, 6) is 0.605. The van der Waals surface area contributed by atoms with Crippen molar-refractivity contribution in [3.63, 3.8) is 0 Å². The molecule has 0 unspecified atom stereocenters. The number of rotatable bonds is 4. The average molecular weight is 353 g/mol. The molecule has 1 aliphatic heterocycles. The van der Waals surface area contributed by atoms with E-state index in [4.69, 9.17) is 4.74 Å². The molecule has 26 heavy (non-hydrogen) atoms. The van der Waals surface area contributed by atoms with E-state index in [-0.39, 0.29) is 11.5 Å². The van der Waals surface area contributed by atoms with E-state index in [9.17, 15) is 9.59 Å². The van der Waals surface area contributed by atoms with Crippen molar-refractivity contribution >= 4 is 17.7 Å². The first-order valence-electron chi connectivity index (χ1n) is 8.60. The number of carbonyl (C=O) groups excluding carboxylic acids is 1. The van der Waals surface area contributed by atoms with Crippen molar-refractivity contribution in [2.75, 3.05) is 40.3 Å². The Morgan fingerprint density at radius 1 is 1.04 bits per heavy atom. The van der Waals surface area contributed by atoms with E-state index in [2.05, 4.69) is 4.90 Å². The smallest absolute Gasteiger partial charge is 0.271 e. The molecule has 0 N–H and O–H groups in total. The molecule has 6 heteroatoms. The van der Waals surface area contributed by atoms with E-state index in [1.165, 1.54) is 10.6 Å². The van der Waals surface area contributed by atoms with Gasteiger partial charge >= 0.3 is 0 Å². The van der Waals surface area contributed by atoms with E-state index < -0.39 is 0 Å². The molecule has 1 saturated heterocycles. The van der Waals surface area contributed by atoms with Crippen LogP contribution in [0.2, 0.25) is 0 Å². The Bertz CT molecular complexity index is 847. The van der Waals surface area contributed by atoms with Gasteiger partial charge in [0.15, 0.2) is 0 Å². The Labute approximate surface area is 152 Å². The first-order chi connectivity index (χ1) is 12.6. The highest BCUT2D eigenvalue weighted by atomic mass is 16.5. The predicted molar refractivity (Wildman–Crippen MR) is 102 cm³/mol. The van der Waals surface area contributed by atoms with Gasteiger partial charge in [-0.25, -0.2) is 0 Å². The Morgan fingerprint density at radius 3 is 2.35 bits per heavy atom. The second kappa shape index (κ2) is 8.01. The van der Waals surface area contributed by atoms with Crippen molar-refractivity contribution < 1.29 is 9.53 Å². The molecular formula is C20H23N3O3. The Hall–Kier alpha value is -2.86. The summed E-state index contributed by atoms with van der Waals surface area (Å²) >= 11 is 0. The summed E-state index contributed by atoms with van der Waals surface area (Å²) in [4.78, 5) is 29.4. The highest BCUT2D eigenvalue weighted by molar-refractivity contribution is 6.18. The van der Waals surface area contributed by atoms with Gasteiger partial charge in [-0.05, 0) is 36.9 Å². The summed E-state index contributed by atoms with van der Waals surface area (Å²) in [6, 6.07) is 12.3. The molecule has 2 heterocycles. The van der Waals surface area contributed by atoms with Crippen molar-refractivity contribution in [3.05, 3.63) is 64.6 Å². The summed E-state index contributed by atoms with van der Waals surface area (Å²) in [5.41, 5.74) is 0.957. The lowest BCUT2D eigenvalue weighted by molar-refractivity contribution is -0.126. The first-order valence-corrected chi connectivity index (χ1v) is 8.60. The van der Waals surface area contributed by atoms with Crippen LogP contribution in [0.3, 0.4) is 0 Å². The third kappa shape index (κ3) is 4.03. The van der Waals surface area contributed by atoms with E-state index in [1.54, 1.807) is 36.4 Å². The minimum atomic E-state index is -0.227. The Morgan fingerprint density at radius 2 is 1.73 bits per heavy atom. The van der Waals surface area contributed by atoms with Crippen molar-refractivity contribution in [3.8, 4) is 5.75 Å². The monoisotopic (exact) mass is 353 g/mol. The fraction of sp³-hybridized carbons (Fsp3) is 0.300. The number of ether oxygens (including phenoxy) is 1. The Balaban J connectivity index is 1.98. The molecular weight excluding hydrogens is 330 g/mol. The lowest BCUT2D eigenvalue weighted by Gasteiger charge is -2.33. The summed E-state index contributed by atoms with van der Waals surface area (Å²) in [6.07, 6.45) is 3.38. The van der Waals surface area contributed by atoms with Crippen molar-refractivity contribution in [2.24, 2.45) is 0 Å². The SMILES string of the molecule is COc1ccc(C=C(C(=O)N2CCN(C)CC2)n2ccccc2=O)cc1. The summed E-state index contributed by atoms with van der Waals surface area (Å²) in [6.45, 7) is 2.95. The number of aromatic nitrogens is 1. The van der Waals surface area contributed by atoms with Crippen molar-refractivity contribution in [2.45, 2.75) is 0 Å². The quantitative estimate of drug-likeness (QED) is 0.784. The summed E-state index contributed by atoms with van der Waals surface area (Å²) < 4.78 is 6.58. The van der Waals surface area contributed by atoms with Crippen LogP contribution in [-0.2, 0) is 4.79 Å². The number of pyridine rings is 1. The highest BCUT2D eigenvalue weighted by Crippen LogP contribution is 2.17. The number of carbonyl (C=O) groups is 1. The second-order valence-electron chi connectivity index (χ2n) is 6.31. The van der Waals surface area contributed by atoms with Gasteiger partial charge in [-0.15, -0.1) is 0 Å². The molecule has 6 nitrogen and oxygen atoms in total. The van der Waals surface area contributed by atoms with Crippen LogP contribution in [0.25, 0.3) is 11.8 Å². The van der Waals surface area contributed by atoms with Crippen LogP contribution in [0.1, 0.15) is 5.56 Å². The molecule has 0 radical (unpaired) electrons. The zero-order chi connectivity index (χ0) is 18.5. The number of nitrogens with zero attached hydrogens (tertiary/aromatic N) is 3. The van der Waals surface area contributed by atoms with Crippen LogP contribution in [-0.4, -0.2) is 60.6 Å². The van der Waals surface area contributed by atoms with Crippen LogP contribution < -0.4 is 10.3 Å². The van der Waals surface area contributed by atoms with Gasteiger partial charge in [0.25, 0.3) is 11.5 Å². The number of piperazine rings is 1.